The van der Waals surface area contributed by atoms with Crippen molar-refractivity contribution in [2.24, 2.45) is 11.7 Å². The summed E-state index contributed by atoms with van der Waals surface area (Å²) < 4.78 is 0. The zero-order valence-corrected chi connectivity index (χ0v) is 11.5. The molecular weight excluding hydrogens is 214 g/mol. The lowest BCUT2D eigenvalue weighted by molar-refractivity contribution is -0.130. The Labute approximate surface area is 105 Å². The topological polar surface area (TPSA) is 49.6 Å². The van der Waals surface area contributed by atoms with Crippen molar-refractivity contribution in [3.63, 3.8) is 0 Å². The summed E-state index contributed by atoms with van der Waals surface area (Å²) in [7, 11) is 4.19. The fourth-order valence-electron chi connectivity index (χ4n) is 2.58. The molecule has 0 spiro atoms. The third kappa shape index (κ3) is 4.28. The molecule has 0 aromatic rings. The van der Waals surface area contributed by atoms with Gasteiger partial charge in [-0.2, -0.15) is 0 Å². The molecule has 1 heterocycles. The molecule has 100 valence electrons. The van der Waals surface area contributed by atoms with E-state index in [4.69, 9.17) is 5.73 Å². The predicted octanol–water partition coefficient (Wildman–Crippen LogP) is 0.914. The van der Waals surface area contributed by atoms with Crippen LogP contribution >= 0.6 is 0 Å². The van der Waals surface area contributed by atoms with Gasteiger partial charge < -0.3 is 15.5 Å². The van der Waals surface area contributed by atoms with Gasteiger partial charge in [-0.3, -0.25) is 4.79 Å². The lowest BCUT2D eigenvalue weighted by atomic mass is 10.1. The zero-order valence-electron chi connectivity index (χ0n) is 11.5. The smallest absolute Gasteiger partial charge is 0.222 e. The molecule has 2 atom stereocenters. The van der Waals surface area contributed by atoms with E-state index in [2.05, 4.69) is 25.9 Å². The van der Waals surface area contributed by atoms with Gasteiger partial charge in [-0.25, -0.2) is 0 Å². The number of hydrogen-bond donors (Lipinski definition) is 1. The van der Waals surface area contributed by atoms with Crippen LogP contribution in [0.4, 0.5) is 0 Å². The Balaban J connectivity index is 2.29. The molecule has 2 unspecified atom stereocenters. The summed E-state index contributed by atoms with van der Waals surface area (Å²) in [6.45, 7) is 4.77. The van der Waals surface area contributed by atoms with Crippen LogP contribution in [-0.4, -0.2) is 55.5 Å². The van der Waals surface area contributed by atoms with Gasteiger partial charge in [0.15, 0.2) is 0 Å². The van der Waals surface area contributed by atoms with E-state index in [-0.39, 0.29) is 0 Å². The van der Waals surface area contributed by atoms with Crippen LogP contribution in [0.1, 0.15) is 32.6 Å². The fourth-order valence-corrected chi connectivity index (χ4v) is 2.58. The van der Waals surface area contributed by atoms with Gasteiger partial charge in [-0.15, -0.1) is 0 Å². The van der Waals surface area contributed by atoms with Crippen molar-refractivity contribution in [1.29, 1.82) is 0 Å². The number of likely N-dealkylation sites (tertiary alicyclic amines) is 1. The monoisotopic (exact) mass is 241 g/mol. The molecule has 17 heavy (non-hydrogen) atoms. The zero-order chi connectivity index (χ0) is 12.8. The number of nitrogens with two attached hydrogens (primary N) is 1. The number of nitrogens with zero attached hydrogens (tertiary/aromatic N) is 2. The molecule has 1 aliphatic heterocycles. The third-order valence-corrected chi connectivity index (χ3v) is 3.68. The summed E-state index contributed by atoms with van der Waals surface area (Å²) in [5.41, 5.74) is 5.44. The van der Waals surface area contributed by atoms with Gasteiger partial charge in [-0.05, 0) is 39.4 Å². The quantitative estimate of drug-likeness (QED) is 0.703. The Kier molecular flexibility index (Phi) is 5.92. The number of rotatable bonds is 6. The van der Waals surface area contributed by atoms with Crippen molar-refractivity contribution in [1.82, 2.24) is 9.80 Å². The average Bonchev–Trinajstić information content (AvgIpc) is 2.66. The van der Waals surface area contributed by atoms with E-state index >= 15 is 0 Å². The lowest BCUT2D eigenvalue weighted by Crippen LogP contribution is -2.35. The number of unbranched alkanes of at least 4 members (excludes halogenated alkanes) is 2. The van der Waals surface area contributed by atoms with Gasteiger partial charge in [0.2, 0.25) is 5.91 Å². The van der Waals surface area contributed by atoms with Gasteiger partial charge >= 0.3 is 0 Å². The molecule has 1 aliphatic rings. The highest BCUT2D eigenvalue weighted by Crippen LogP contribution is 2.21. The minimum atomic E-state index is 0.318. The predicted molar refractivity (Wildman–Crippen MR) is 70.7 cm³/mol. The summed E-state index contributed by atoms with van der Waals surface area (Å²) in [6.07, 6.45) is 3.77. The highest BCUT2D eigenvalue weighted by molar-refractivity contribution is 5.76. The highest BCUT2D eigenvalue weighted by atomic mass is 16.2. The number of amides is 1. The van der Waals surface area contributed by atoms with Gasteiger partial charge in [0.25, 0.3) is 0 Å². The molecule has 0 aliphatic carbocycles. The van der Waals surface area contributed by atoms with E-state index < -0.39 is 0 Å². The first-order chi connectivity index (χ1) is 8.06. The maximum absolute atomic E-state index is 12.0. The van der Waals surface area contributed by atoms with Crippen LogP contribution < -0.4 is 5.73 Å². The molecule has 4 nitrogen and oxygen atoms in total. The van der Waals surface area contributed by atoms with Crippen molar-refractivity contribution in [2.45, 2.75) is 38.6 Å². The Bertz CT molecular complexity index is 243. The number of hydrogen-bond acceptors (Lipinski definition) is 3. The first-order valence-corrected chi connectivity index (χ1v) is 6.70. The third-order valence-electron chi connectivity index (χ3n) is 3.68. The van der Waals surface area contributed by atoms with E-state index in [1.54, 1.807) is 0 Å². The van der Waals surface area contributed by atoms with Crippen molar-refractivity contribution in [2.75, 3.05) is 33.7 Å². The van der Waals surface area contributed by atoms with E-state index in [0.29, 0.717) is 24.3 Å². The van der Waals surface area contributed by atoms with Crippen LogP contribution in [0.3, 0.4) is 0 Å². The second kappa shape index (κ2) is 6.97. The number of likely N-dealkylation sites (N-methyl/N-ethyl adjacent to an activating group) is 1. The maximum atomic E-state index is 12.0. The van der Waals surface area contributed by atoms with Crippen LogP contribution in [0.2, 0.25) is 0 Å². The molecule has 1 amide bonds. The molecule has 0 bridgehead atoms. The summed E-state index contributed by atoms with van der Waals surface area (Å²) >= 11 is 0. The Hall–Kier alpha value is -0.610. The minimum absolute atomic E-state index is 0.318. The van der Waals surface area contributed by atoms with Crippen LogP contribution in [0.25, 0.3) is 0 Å². The van der Waals surface area contributed by atoms with E-state index in [9.17, 15) is 4.79 Å². The molecule has 4 heteroatoms. The second-order valence-corrected chi connectivity index (χ2v) is 5.41. The van der Waals surface area contributed by atoms with E-state index in [0.717, 1.165) is 38.9 Å². The number of carbonyl (C=O) groups is 1. The standard InChI is InChI=1S/C13H27N3O/c1-11-9-16(10-12(11)15(2)3)13(17)7-5-4-6-8-14/h11-12H,4-10,14H2,1-3H3. The maximum Gasteiger partial charge on any atom is 0.222 e. The van der Waals surface area contributed by atoms with Gasteiger partial charge in [-0.1, -0.05) is 13.3 Å². The molecule has 0 radical (unpaired) electrons. The van der Waals surface area contributed by atoms with Crippen molar-refractivity contribution < 1.29 is 4.79 Å². The molecule has 0 saturated carbocycles. The molecule has 1 saturated heterocycles. The van der Waals surface area contributed by atoms with Crippen molar-refractivity contribution >= 4 is 5.91 Å². The van der Waals surface area contributed by atoms with Crippen molar-refractivity contribution in [3.05, 3.63) is 0 Å². The second-order valence-electron chi connectivity index (χ2n) is 5.41. The summed E-state index contributed by atoms with van der Waals surface area (Å²) in [5, 5.41) is 0. The SMILES string of the molecule is CC1CN(C(=O)CCCCCN)CC1N(C)C. The molecule has 1 fully saturated rings. The fraction of sp³-hybridized carbons (Fsp3) is 0.923. The van der Waals surface area contributed by atoms with E-state index in [1.807, 2.05) is 4.90 Å². The van der Waals surface area contributed by atoms with Crippen LogP contribution in [0.15, 0.2) is 0 Å². The summed E-state index contributed by atoms with van der Waals surface area (Å²) in [6, 6.07) is 0.517. The average molecular weight is 241 g/mol. The molecule has 0 aromatic heterocycles. The summed E-state index contributed by atoms with van der Waals surface area (Å²) in [4.78, 5) is 16.3. The minimum Gasteiger partial charge on any atom is -0.341 e. The van der Waals surface area contributed by atoms with Crippen LogP contribution in [0, 0.1) is 5.92 Å². The first-order valence-electron chi connectivity index (χ1n) is 6.70. The van der Waals surface area contributed by atoms with Crippen molar-refractivity contribution in [3.8, 4) is 0 Å². The molecule has 0 aromatic carbocycles. The van der Waals surface area contributed by atoms with E-state index in [1.165, 1.54) is 0 Å². The summed E-state index contributed by atoms with van der Waals surface area (Å²) in [5.74, 6) is 0.899. The van der Waals surface area contributed by atoms with Crippen LogP contribution in [0.5, 0.6) is 0 Å². The van der Waals surface area contributed by atoms with Gasteiger partial charge in [0, 0.05) is 25.6 Å². The normalized spacial score (nSPS) is 24.6. The van der Waals surface area contributed by atoms with Gasteiger partial charge in [0.1, 0.15) is 0 Å². The molecule has 2 N–H and O–H groups in total. The lowest BCUT2D eigenvalue weighted by Gasteiger charge is -2.22. The Morgan fingerprint density at radius 3 is 2.53 bits per heavy atom. The Morgan fingerprint density at radius 2 is 2.00 bits per heavy atom. The molecular formula is C13H27N3O. The number of carbonyl (C=O) groups excluding carboxylic acids is 1. The highest BCUT2D eigenvalue weighted by Gasteiger charge is 2.32. The molecule has 1 rings (SSSR count). The Morgan fingerprint density at radius 1 is 1.29 bits per heavy atom. The van der Waals surface area contributed by atoms with Gasteiger partial charge in [0.05, 0.1) is 0 Å². The first kappa shape index (κ1) is 14.5. The van der Waals surface area contributed by atoms with Crippen LogP contribution in [-0.2, 0) is 4.79 Å². The largest absolute Gasteiger partial charge is 0.341 e.